The van der Waals surface area contributed by atoms with Gasteiger partial charge in [0.25, 0.3) is 0 Å². The van der Waals surface area contributed by atoms with Gasteiger partial charge in [0.2, 0.25) is 5.12 Å². The van der Waals surface area contributed by atoms with Gasteiger partial charge in [0.15, 0.2) is 5.60 Å². The maximum atomic E-state index is 13.7. The molecule has 4 aliphatic rings. The lowest BCUT2D eigenvalue weighted by atomic mass is 9.45. The van der Waals surface area contributed by atoms with Crippen molar-refractivity contribution in [2.75, 3.05) is 5.75 Å². The lowest BCUT2D eigenvalue weighted by Gasteiger charge is -2.60. The smallest absolute Gasteiger partial charge is 0.306 e. The molecular formula is C32H38FN3O4S. The van der Waals surface area contributed by atoms with Crippen LogP contribution in [0.25, 0.3) is 0 Å². The SMILES string of the molecule is CCC(=O)O[C@]1(C(=O)SCC#N)CC[C@H]2[C@@H]3CCC4=CC(=Nc5ccc(F)cc5)C(=CN)C[C@]4(C)C3[C@@H](O)C[C@@]21C. The minimum Gasteiger partial charge on any atom is -0.449 e. The Morgan fingerprint density at radius 1 is 1.29 bits per heavy atom. The van der Waals surface area contributed by atoms with Crippen LogP contribution in [0.2, 0.25) is 0 Å². The lowest BCUT2D eigenvalue weighted by Crippen LogP contribution is -2.62. The summed E-state index contributed by atoms with van der Waals surface area (Å²) in [5.41, 5.74) is 7.15. The van der Waals surface area contributed by atoms with Crippen LogP contribution < -0.4 is 5.73 Å². The summed E-state index contributed by atoms with van der Waals surface area (Å²) >= 11 is 0.909. The van der Waals surface area contributed by atoms with Crippen molar-refractivity contribution in [1.29, 1.82) is 5.26 Å². The van der Waals surface area contributed by atoms with Crippen molar-refractivity contribution in [3.05, 3.63) is 53.5 Å². The standard InChI is InChI=1S/C32H38FN3O4S/c1-4-27(38)40-32(29(39)41-14-13-34)12-11-24-23-10-5-20-15-25(36-22-8-6-21(33)7-9-22)19(18-35)16-30(20,2)28(23)26(37)17-31(24,32)3/h6-9,15,18,23-24,26,28,37H,4-5,10-12,14,16-17,35H2,1-3H3/t23-,24-,26-,28?,30-,31-,32-/m0/s1. The largest absolute Gasteiger partial charge is 0.449 e. The third-order valence-electron chi connectivity index (χ3n) is 10.4. The maximum absolute atomic E-state index is 13.7. The molecule has 5 rings (SSSR count). The lowest BCUT2D eigenvalue weighted by molar-refractivity contribution is -0.196. The molecule has 9 heteroatoms. The predicted octanol–water partition coefficient (Wildman–Crippen LogP) is 5.76. The summed E-state index contributed by atoms with van der Waals surface area (Å²) in [4.78, 5) is 31.1. The van der Waals surface area contributed by atoms with E-state index in [0.29, 0.717) is 31.4 Å². The highest BCUT2D eigenvalue weighted by atomic mass is 32.2. The molecule has 0 amide bonds. The fraction of sp³-hybridized carbons (Fsp3) is 0.562. The van der Waals surface area contributed by atoms with Gasteiger partial charge in [-0.1, -0.05) is 38.1 Å². The summed E-state index contributed by atoms with van der Waals surface area (Å²) in [5.74, 6) is -0.639. The number of ether oxygens (including phenoxy) is 1. The molecule has 0 spiro atoms. The van der Waals surface area contributed by atoms with Gasteiger partial charge >= 0.3 is 5.97 Å². The number of halogens is 1. The van der Waals surface area contributed by atoms with E-state index in [4.69, 9.17) is 20.7 Å². The van der Waals surface area contributed by atoms with E-state index in [1.54, 1.807) is 25.3 Å². The third-order valence-corrected chi connectivity index (χ3v) is 11.3. The maximum Gasteiger partial charge on any atom is 0.306 e. The molecule has 4 aliphatic carbocycles. The number of esters is 1. The van der Waals surface area contributed by atoms with Crippen LogP contribution in [0.15, 0.2) is 52.7 Å². The van der Waals surface area contributed by atoms with E-state index in [2.05, 4.69) is 13.0 Å². The Labute approximate surface area is 245 Å². The number of aliphatic hydroxyl groups excluding tert-OH is 1. The molecule has 1 aromatic carbocycles. The number of aliphatic imine (C=N–C) groups is 1. The molecule has 1 unspecified atom stereocenters. The van der Waals surface area contributed by atoms with Crippen LogP contribution in [0.5, 0.6) is 0 Å². The number of carbonyl (C=O) groups is 2. The van der Waals surface area contributed by atoms with E-state index >= 15 is 0 Å². The van der Waals surface area contributed by atoms with Gasteiger partial charge < -0.3 is 15.6 Å². The number of hydrogen-bond donors (Lipinski definition) is 2. The Hall–Kier alpha value is -2.96. The number of rotatable bonds is 5. The van der Waals surface area contributed by atoms with Crippen LogP contribution in [-0.4, -0.2) is 39.4 Å². The number of aliphatic hydroxyl groups is 1. The van der Waals surface area contributed by atoms with Crippen LogP contribution in [0.1, 0.15) is 65.7 Å². The number of nitriles is 1. The number of benzene rings is 1. The van der Waals surface area contributed by atoms with Crippen molar-refractivity contribution in [3.63, 3.8) is 0 Å². The number of hydrogen-bond acceptors (Lipinski definition) is 8. The van der Waals surface area contributed by atoms with Gasteiger partial charge in [-0.15, -0.1) is 0 Å². The van der Waals surface area contributed by atoms with E-state index in [9.17, 15) is 19.1 Å². The average Bonchev–Trinajstić information content (AvgIpc) is 3.24. The van der Waals surface area contributed by atoms with Crippen molar-refractivity contribution in [2.45, 2.75) is 77.4 Å². The Kier molecular flexibility index (Phi) is 7.95. The molecule has 7 nitrogen and oxygen atoms in total. The topological polar surface area (TPSA) is 126 Å². The summed E-state index contributed by atoms with van der Waals surface area (Å²) in [6, 6.07) is 8.06. The second kappa shape index (κ2) is 11.0. The summed E-state index contributed by atoms with van der Waals surface area (Å²) in [7, 11) is 0. The van der Waals surface area contributed by atoms with Gasteiger partial charge in [-0.2, -0.15) is 5.26 Å². The Morgan fingerprint density at radius 2 is 2.02 bits per heavy atom. The van der Waals surface area contributed by atoms with Crippen molar-refractivity contribution in [2.24, 2.45) is 39.3 Å². The molecular weight excluding hydrogens is 541 g/mol. The van der Waals surface area contributed by atoms with Gasteiger partial charge in [0, 0.05) is 11.8 Å². The highest BCUT2D eigenvalue weighted by Crippen LogP contribution is 2.69. The molecule has 0 aromatic heterocycles. The Balaban J connectivity index is 1.51. The van der Waals surface area contributed by atoms with Gasteiger partial charge in [-0.25, -0.2) is 9.38 Å². The first-order chi connectivity index (χ1) is 19.5. The summed E-state index contributed by atoms with van der Waals surface area (Å²) in [6.07, 6.45) is 6.81. The minimum absolute atomic E-state index is 0.0121. The van der Waals surface area contributed by atoms with Crippen LogP contribution in [0, 0.1) is 45.7 Å². The van der Waals surface area contributed by atoms with Crippen molar-refractivity contribution in [3.8, 4) is 6.07 Å². The number of nitrogens with two attached hydrogens (primary N) is 1. The van der Waals surface area contributed by atoms with Crippen LogP contribution in [0.3, 0.4) is 0 Å². The van der Waals surface area contributed by atoms with Gasteiger partial charge in [-0.05, 0) is 104 Å². The predicted molar refractivity (Wildman–Crippen MR) is 156 cm³/mol. The molecule has 0 radical (unpaired) electrons. The Bertz CT molecular complexity index is 1370. The normalized spacial score (nSPS) is 37.9. The minimum atomic E-state index is -1.36. The van der Waals surface area contributed by atoms with E-state index < -0.39 is 23.1 Å². The van der Waals surface area contributed by atoms with E-state index in [1.165, 1.54) is 17.7 Å². The van der Waals surface area contributed by atoms with E-state index in [0.717, 1.165) is 35.9 Å². The number of thioether (sulfide) groups is 1. The zero-order valence-corrected chi connectivity index (χ0v) is 24.7. The fourth-order valence-corrected chi connectivity index (χ4v) is 9.41. The van der Waals surface area contributed by atoms with Gasteiger partial charge in [-0.3, -0.25) is 9.59 Å². The summed E-state index contributed by atoms with van der Waals surface area (Å²) < 4.78 is 19.5. The molecule has 3 fully saturated rings. The van der Waals surface area contributed by atoms with Crippen LogP contribution in [0.4, 0.5) is 10.1 Å². The third kappa shape index (κ3) is 4.73. The van der Waals surface area contributed by atoms with Gasteiger partial charge in [0.1, 0.15) is 5.82 Å². The molecule has 0 saturated heterocycles. The molecule has 41 heavy (non-hydrogen) atoms. The molecule has 218 valence electrons. The Morgan fingerprint density at radius 3 is 2.68 bits per heavy atom. The molecule has 0 aliphatic heterocycles. The molecule has 1 aromatic rings. The highest BCUT2D eigenvalue weighted by molar-refractivity contribution is 8.14. The van der Waals surface area contributed by atoms with E-state index in [1.807, 2.05) is 13.0 Å². The second-order valence-electron chi connectivity index (χ2n) is 12.4. The number of carbonyl (C=O) groups excluding carboxylic acids is 2. The first-order valence-electron chi connectivity index (χ1n) is 14.4. The number of nitrogens with zero attached hydrogens (tertiary/aromatic N) is 2. The number of allylic oxidation sites excluding steroid dienone is 3. The van der Waals surface area contributed by atoms with Crippen molar-refractivity contribution in [1.82, 2.24) is 0 Å². The van der Waals surface area contributed by atoms with E-state index in [-0.39, 0.29) is 46.3 Å². The first-order valence-corrected chi connectivity index (χ1v) is 15.4. The zero-order chi connectivity index (χ0) is 29.6. The summed E-state index contributed by atoms with van der Waals surface area (Å²) in [5, 5.41) is 20.8. The number of fused-ring (bicyclic) bond motifs is 5. The molecule has 0 bridgehead atoms. The van der Waals surface area contributed by atoms with Crippen molar-refractivity contribution < 1.29 is 23.8 Å². The molecule has 3 N–H and O–H groups in total. The average molecular weight is 580 g/mol. The molecule has 0 heterocycles. The molecule has 3 saturated carbocycles. The van der Waals surface area contributed by atoms with Crippen LogP contribution in [-0.2, 0) is 14.3 Å². The zero-order valence-electron chi connectivity index (χ0n) is 23.9. The summed E-state index contributed by atoms with van der Waals surface area (Å²) in [6.45, 7) is 5.91. The van der Waals surface area contributed by atoms with Gasteiger partial charge in [0.05, 0.1) is 29.3 Å². The quantitative estimate of drug-likeness (QED) is 0.425. The van der Waals surface area contributed by atoms with Crippen LogP contribution >= 0.6 is 11.8 Å². The second-order valence-corrected chi connectivity index (χ2v) is 13.3. The molecule has 7 atom stereocenters. The highest BCUT2D eigenvalue weighted by Gasteiger charge is 2.70. The fourth-order valence-electron chi connectivity index (χ4n) is 8.60. The van der Waals surface area contributed by atoms with Crippen molar-refractivity contribution >= 4 is 34.2 Å². The monoisotopic (exact) mass is 579 g/mol. The first kappa shape index (κ1) is 29.5.